The van der Waals surface area contributed by atoms with Crippen LogP contribution in [0, 0.1) is 10.1 Å². The highest BCUT2D eigenvalue weighted by atomic mass is 35.5. The second-order valence-electron chi connectivity index (χ2n) is 5.07. The molecular weight excluding hydrogens is 332 g/mol. The summed E-state index contributed by atoms with van der Waals surface area (Å²) in [5, 5.41) is 13.8. The average Bonchev–Trinajstić information content (AvgIpc) is 2.58. The second kappa shape index (κ2) is 9.00. The highest BCUT2D eigenvalue weighted by molar-refractivity contribution is 6.31. The number of amides is 1. The summed E-state index contributed by atoms with van der Waals surface area (Å²) in [5.74, 6) is -0.499. The Bertz CT molecular complexity index is 707. The lowest BCUT2D eigenvalue weighted by Gasteiger charge is -2.07. The Balaban J connectivity index is 1.75. The van der Waals surface area contributed by atoms with Crippen LogP contribution in [-0.4, -0.2) is 24.0 Å². The summed E-state index contributed by atoms with van der Waals surface area (Å²) in [7, 11) is 0. The molecule has 0 saturated heterocycles. The van der Waals surface area contributed by atoms with Crippen LogP contribution >= 0.6 is 11.6 Å². The van der Waals surface area contributed by atoms with Crippen LogP contribution in [0.1, 0.15) is 22.3 Å². The van der Waals surface area contributed by atoms with Crippen molar-refractivity contribution in [2.75, 3.05) is 13.2 Å². The van der Waals surface area contributed by atoms with Crippen molar-refractivity contribution in [3.63, 3.8) is 0 Å². The van der Waals surface area contributed by atoms with Crippen molar-refractivity contribution >= 4 is 23.2 Å². The molecule has 0 aliphatic rings. The van der Waals surface area contributed by atoms with E-state index in [1.807, 2.05) is 30.3 Å². The molecule has 7 heteroatoms. The fraction of sp³-hybridized carbons (Fsp3) is 0.235. The van der Waals surface area contributed by atoms with Gasteiger partial charge in [-0.05, 0) is 24.1 Å². The van der Waals surface area contributed by atoms with Crippen LogP contribution in [0.4, 0.5) is 5.69 Å². The lowest BCUT2D eigenvalue weighted by atomic mass is 10.1. The molecule has 2 aromatic rings. The molecule has 0 spiro atoms. The van der Waals surface area contributed by atoms with Crippen LogP contribution in [0.15, 0.2) is 48.5 Å². The Labute approximate surface area is 144 Å². The van der Waals surface area contributed by atoms with E-state index in [0.717, 1.165) is 5.56 Å². The summed E-state index contributed by atoms with van der Waals surface area (Å²) in [6, 6.07) is 13.7. The van der Waals surface area contributed by atoms with Crippen LogP contribution in [0.5, 0.6) is 0 Å². The summed E-state index contributed by atoms with van der Waals surface area (Å²) in [4.78, 5) is 22.4. The third-order valence-electron chi connectivity index (χ3n) is 3.26. The number of rotatable bonds is 8. The lowest BCUT2D eigenvalue weighted by Crippen LogP contribution is -2.26. The minimum Gasteiger partial charge on any atom is -0.377 e. The van der Waals surface area contributed by atoms with E-state index in [-0.39, 0.29) is 16.3 Å². The number of hydrogen-bond donors (Lipinski definition) is 1. The number of carbonyl (C=O) groups is 1. The SMILES string of the molecule is O=C(NCCCOCc1ccccc1)c1ccc(Cl)cc1[N+](=O)[O-]. The van der Waals surface area contributed by atoms with Gasteiger partial charge in [0.1, 0.15) is 5.56 Å². The summed E-state index contributed by atoms with van der Waals surface area (Å²) in [6.07, 6.45) is 0.611. The van der Waals surface area contributed by atoms with E-state index in [1.165, 1.54) is 18.2 Å². The summed E-state index contributed by atoms with van der Waals surface area (Å²) in [6.45, 7) is 1.36. The van der Waals surface area contributed by atoms with E-state index >= 15 is 0 Å². The van der Waals surface area contributed by atoms with Crippen molar-refractivity contribution in [1.82, 2.24) is 5.32 Å². The molecule has 0 saturated carbocycles. The van der Waals surface area contributed by atoms with Crippen molar-refractivity contribution in [1.29, 1.82) is 0 Å². The van der Waals surface area contributed by atoms with E-state index in [2.05, 4.69) is 5.32 Å². The highest BCUT2D eigenvalue weighted by Crippen LogP contribution is 2.23. The standard InChI is InChI=1S/C17H17ClN2O4/c18-14-7-8-15(16(11-14)20(22)23)17(21)19-9-4-10-24-12-13-5-2-1-3-6-13/h1-3,5-8,11H,4,9-10,12H2,(H,19,21). The van der Waals surface area contributed by atoms with Gasteiger partial charge in [-0.3, -0.25) is 14.9 Å². The van der Waals surface area contributed by atoms with Crippen molar-refractivity contribution < 1.29 is 14.5 Å². The zero-order valence-electron chi connectivity index (χ0n) is 12.9. The largest absolute Gasteiger partial charge is 0.377 e. The highest BCUT2D eigenvalue weighted by Gasteiger charge is 2.20. The van der Waals surface area contributed by atoms with Gasteiger partial charge in [0.15, 0.2) is 0 Å². The van der Waals surface area contributed by atoms with Crippen LogP contribution < -0.4 is 5.32 Å². The maximum Gasteiger partial charge on any atom is 0.283 e. The number of nitrogens with zero attached hydrogens (tertiary/aromatic N) is 1. The summed E-state index contributed by atoms with van der Waals surface area (Å²) < 4.78 is 5.51. The van der Waals surface area contributed by atoms with Gasteiger partial charge in [-0.2, -0.15) is 0 Å². The normalized spacial score (nSPS) is 10.4. The second-order valence-corrected chi connectivity index (χ2v) is 5.50. The molecule has 0 atom stereocenters. The molecule has 0 aromatic heterocycles. The smallest absolute Gasteiger partial charge is 0.283 e. The number of nitro groups is 1. The Morgan fingerprint density at radius 2 is 1.96 bits per heavy atom. The molecule has 0 aliphatic carbocycles. The molecule has 0 radical (unpaired) electrons. The molecule has 0 heterocycles. The van der Waals surface area contributed by atoms with Gasteiger partial charge in [0, 0.05) is 24.2 Å². The van der Waals surface area contributed by atoms with Crippen LogP contribution in [-0.2, 0) is 11.3 Å². The first-order chi connectivity index (χ1) is 11.6. The molecular formula is C17H17ClN2O4. The molecule has 0 aliphatic heterocycles. The van der Waals surface area contributed by atoms with Gasteiger partial charge >= 0.3 is 0 Å². The maximum absolute atomic E-state index is 12.0. The molecule has 2 rings (SSSR count). The molecule has 1 N–H and O–H groups in total. The van der Waals surface area contributed by atoms with Crippen LogP contribution in [0.25, 0.3) is 0 Å². The van der Waals surface area contributed by atoms with Crippen LogP contribution in [0.2, 0.25) is 5.02 Å². The number of benzene rings is 2. The van der Waals surface area contributed by atoms with Crippen molar-refractivity contribution in [3.05, 3.63) is 74.8 Å². The maximum atomic E-state index is 12.0. The van der Waals surface area contributed by atoms with E-state index in [4.69, 9.17) is 16.3 Å². The van der Waals surface area contributed by atoms with E-state index in [0.29, 0.717) is 26.2 Å². The number of nitro benzene ring substituents is 1. The molecule has 24 heavy (non-hydrogen) atoms. The fourth-order valence-electron chi connectivity index (χ4n) is 2.08. The first-order valence-electron chi connectivity index (χ1n) is 7.42. The van der Waals surface area contributed by atoms with E-state index < -0.39 is 10.8 Å². The van der Waals surface area contributed by atoms with Crippen molar-refractivity contribution in [2.24, 2.45) is 0 Å². The quantitative estimate of drug-likeness (QED) is 0.449. The predicted molar refractivity (Wildman–Crippen MR) is 91.2 cm³/mol. The number of nitrogens with one attached hydrogen (secondary N) is 1. The number of carbonyl (C=O) groups excluding carboxylic acids is 1. The van der Waals surface area contributed by atoms with Gasteiger partial charge < -0.3 is 10.1 Å². The van der Waals surface area contributed by atoms with E-state index in [9.17, 15) is 14.9 Å². The molecule has 0 fully saturated rings. The molecule has 126 valence electrons. The average molecular weight is 349 g/mol. The zero-order valence-corrected chi connectivity index (χ0v) is 13.7. The van der Waals surface area contributed by atoms with Gasteiger partial charge in [-0.25, -0.2) is 0 Å². The van der Waals surface area contributed by atoms with Crippen molar-refractivity contribution in [2.45, 2.75) is 13.0 Å². The molecule has 0 bridgehead atoms. The molecule has 6 nitrogen and oxygen atoms in total. The fourth-order valence-corrected chi connectivity index (χ4v) is 2.25. The summed E-state index contributed by atoms with van der Waals surface area (Å²) in [5.41, 5.74) is 0.772. The molecule has 2 aromatic carbocycles. The molecule has 0 unspecified atom stereocenters. The van der Waals surface area contributed by atoms with Crippen molar-refractivity contribution in [3.8, 4) is 0 Å². The Hall–Kier alpha value is -2.44. The van der Waals surface area contributed by atoms with E-state index in [1.54, 1.807) is 0 Å². The first kappa shape index (κ1) is 17.9. The third kappa shape index (κ3) is 5.33. The predicted octanol–water partition coefficient (Wildman–Crippen LogP) is 3.58. The number of halogens is 1. The minimum atomic E-state index is -0.621. The van der Waals surface area contributed by atoms with Gasteiger partial charge in [0.25, 0.3) is 11.6 Å². The van der Waals surface area contributed by atoms with Gasteiger partial charge in [-0.1, -0.05) is 41.9 Å². The number of hydrogen-bond acceptors (Lipinski definition) is 4. The van der Waals surface area contributed by atoms with Gasteiger partial charge in [-0.15, -0.1) is 0 Å². The topological polar surface area (TPSA) is 81.5 Å². The first-order valence-corrected chi connectivity index (χ1v) is 7.79. The zero-order chi connectivity index (χ0) is 17.4. The minimum absolute atomic E-state index is 0.00500. The molecule has 1 amide bonds. The van der Waals surface area contributed by atoms with Gasteiger partial charge in [0.05, 0.1) is 11.5 Å². The number of ether oxygens (including phenoxy) is 1. The van der Waals surface area contributed by atoms with Gasteiger partial charge in [0.2, 0.25) is 0 Å². The van der Waals surface area contributed by atoms with Crippen LogP contribution in [0.3, 0.4) is 0 Å². The Morgan fingerprint density at radius 3 is 2.67 bits per heavy atom. The summed E-state index contributed by atoms with van der Waals surface area (Å²) >= 11 is 5.72. The third-order valence-corrected chi connectivity index (χ3v) is 3.50. The Kier molecular flexibility index (Phi) is 6.72. The lowest BCUT2D eigenvalue weighted by molar-refractivity contribution is -0.385. The monoisotopic (exact) mass is 348 g/mol. The Morgan fingerprint density at radius 1 is 1.21 bits per heavy atom.